The lowest BCUT2D eigenvalue weighted by molar-refractivity contribution is 0.101. The van der Waals surface area contributed by atoms with Gasteiger partial charge < -0.3 is 14.0 Å². The highest BCUT2D eigenvalue weighted by Crippen LogP contribution is 2.39. The molecule has 2 aromatic rings. The summed E-state index contributed by atoms with van der Waals surface area (Å²) in [6.45, 7) is 0.902. The smallest absolute Gasteiger partial charge is 0.270 e. The van der Waals surface area contributed by atoms with Crippen LogP contribution in [0.15, 0.2) is 22.7 Å². The van der Waals surface area contributed by atoms with Crippen LogP contribution >= 0.6 is 0 Å². The number of anilines is 1. The Morgan fingerprint density at radius 2 is 2.10 bits per heavy atom. The van der Waals surface area contributed by atoms with Crippen molar-refractivity contribution in [1.82, 2.24) is 10.1 Å². The van der Waals surface area contributed by atoms with E-state index in [2.05, 4.69) is 15.5 Å². The van der Waals surface area contributed by atoms with Gasteiger partial charge in [-0.1, -0.05) is 6.07 Å². The van der Waals surface area contributed by atoms with Gasteiger partial charge in [0.2, 0.25) is 5.89 Å². The molecule has 1 amide bonds. The minimum atomic E-state index is -0.347. The normalized spacial score (nSPS) is 16.6. The van der Waals surface area contributed by atoms with Gasteiger partial charge in [-0.05, 0) is 30.1 Å². The number of hydrogen-bond donors (Lipinski definition) is 1. The minimum absolute atomic E-state index is 0.177. The quantitative estimate of drug-likeness (QED) is 0.928. The number of hydrogen-bond acceptors (Lipinski definition) is 6. The lowest BCUT2D eigenvalue weighted by atomic mass is 10.1. The van der Waals surface area contributed by atoms with Crippen LogP contribution in [-0.2, 0) is 0 Å². The zero-order valence-corrected chi connectivity index (χ0v) is 11.2. The molecule has 0 atom stereocenters. The van der Waals surface area contributed by atoms with Crippen LogP contribution in [0.25, 0.3) is 0 Å². The fourth-order valence-electron chi connectivity index (χ4n) is 2.20. The molecule has 1 aliphatic carbocycles. The Kier molecular flexibility index (Phi) is 2.77. The van der Waals surface area contributed by atoms with Gasteiger partial charge in [-0.3, -0.25) is 10.1 Å². The van der Waals surface area contributed by atoms with Crippen molar-refractivity contribution in [3.8, 4) is 11.5 Å². The number of fused-ring (bicyclic) bond motifs is 1. The van der Waals surface area contributed by atoms with Gasteiger partial charge in [0, 0.05) is 5.92 Å². The predicted molar refractivity (Wildman–Crippen MR) is 71.7 cm³/mol. The molecule has 1 N–H and O–H groups in total. The third kappa shape index (κ3) is 2.31. The molecular weight excluding hydrogens is 274 g/mol. The van der Waals surface area contributed by atoms with Crippen LogP contribution in [0.3, 0.4) is 0 Å². The number of nitrogens with zero attached hydrogens (tertiary/aromatic N) is 2. The average molecular weight is 287 g/mol. The zero-order valence-electron chi connectivity index (χ0n) is 11.2. The first-order valence-electron chi connectivity index (χ1n) is 6.85. The Labute approximate surface area is 120 Å². The van der Waals surface area contributed by atoms with Gasteiger partial charge >= 0.3 is 0 Å². The number of aromatic nitrogens is 2. The SMILES string of the molecule is O=C(Nc1noc(C2CC2)n1)c1cccc2c1OCCO2. The molecule has 0 bridgehead atoms. The maximum absolute atomic E-state index is 12.3. The van der Waals surface area contributed by atoms with Crippen molar-refractivity contribution in [3.05, 3.63) is 29.7 Å². The van der Waals surface area contributed by atoms with Crippen molar-refractivity contribution < 1.29 is 18.8 Å². The molecule has 7 heteroatoms. The molecule has 0 radical (unpaired) electrons. The number of amides is 1. The fourth-order valence-corrected chi connectivity index (χ4v) is 2.20. The minimum Gasteiger partial charge on any atom is -0.486 e. The molecular formula is C14H13N3O4. The van der Waals surface area contributed by atoms with Crippen LogP contribution in [0.1, 0.15) is 35.0 Å². The molecule has 1 aromatic carbocycles. The molecule has 0 saturated heterocycles. The van der Waals surface area contributed by atoms with E-state index in [4.69, 9.17) is 14.0 Å². The summed E-state index contributed by atoms with van der Waals surface area (Å²) in [5.74, 6) is 1.79. The highest BCUT2D eigenvalue weighted by atomic mass is 16.6. The van der Waals surface area contributed by atoms with Gasteiger partial charge in [-0.15, -0.1) is 0 Å². The summed E-state index contributed by atoms with van der Waals surface area (Å²) < 4.78 is 16.1. The van der Waals surface area contributed by atoms with E-state index in [-0.39, 0.29) is 11.9 Å². The third-order valence-electron chi connectivity index (χ3n) is 3.40. The number of para-hydroxylation sites is 1. The maximum atomic E-state index is 12.3. The van der Waals surface area contributed by atoms with Crippen molar-refractivity contribution >= 4 is 11.9 Å². The van der Waals surface area contributed by atoms with Crippen molar-refractivity contribution in [2.24, 2.45) is 0 Å². The van der Waals surface area contributed by atoms with Crippen LogP contribution < -0.4 is 14.8 Å². The molecule has 1 aliphatic heterocycles. The van der Waals surface area contributed by atoms with Gasteiger partial charge in [0.25, 0.3) is 11.9 Å². The zero-order chi connectivity index (χ0) is 14.2. The number of nitrogens with one attached hydrogen (secondary N) is 1. The summed E-state index contributed by atoms with van der Waals surface area (Å²) >= 11 is 0. The van der Waals surface area contributed by atoms with E-state index in [9.17, 15) is 4.79 Å². The Balaban J connectivity index is 1.56. The van der Waals surface area contributed by atoms with Crippen LogP contribution in [0.5, 0.6) is 11.5 Å². The summed E-state index contributed by atoms with van der Waals surface area (Å²) in [6, 6.07) is 5.18. The molecule has 2 aliphatic rings. The Hall–Kier alpha value is -2.57. The molecule has 0 unspecified atom stereocenters. The van der Waals surface area contributed by atoms with E-state index in [1.807, 2.05) is 0 Å². The highest BCUT2D eigenvalue weighted by Gasteiger charge is 2.30. The summed E-state index contributed by atoms with van der Waals surface area (Å²) in [6.07, 6.45) is 2.12. The Morgan fingerprint density at radius 3 is 2.95 bits per heavy atom. The van der Waals surface area contributed by atoms with Crippen molar-refractivity contribution in [2.75, 3.05) is 18.5 Å². The summed E-state index contributed by atoms with van der Waals surface area (Å²) in [5, 5.41) is 6.39. The topological polar surface area (TPSA) is 86.5 Å². The van der Waals surface area contributed by atoms with E-state index in [1.165, 1.54) is 0 Å². The van der Waals surface area contributed by atoms with Gasteiger partial charge in [0.05, 0.1) is 5.56 Å². The van der Waals surface area contributed by atoms with E-state index < -0.39 is 0 Å². The number of ether oxygens (including phenoxy) is 2. The van der Waals surface area contributed by atoms with Gasteiger partial charge in [0.15, 0.2) is 11.5 Å². The van der Waals surface area contributed by atoms with Crippen molar-refractivity contribution in [2.45, 2.75) is 18.8 Å². The molecule has 1 aromatic heterocycles. The van der Waals surface area contributed by atoms with Crippen molar-refractivity contribution in [3.63, 3.8) is 0 Å². The van der Waals surface area contributed by atoms with Gasteiger partial charge in [0.1, 0.15) is 13.2 Å². The van der Waals surface area contributed by atoms with E-state index in [0.29, 0.717) is 42.1 Å². The molecule has 2 heterocycles. The molecule has 4 rings (SSSR count). The van der Waals surface area contributed by atoms with E-state index >= 15 is 0 Å². The summed E-state index contributed by atoms with van der Waals surface area (Å²) in [5.41, 5.74) is 0.393. The first kappa shape index (κ1) is 12.2. The monoisotopic (exact) mass is 287 g/mol. The first-order chi connectivity index (χ1) is 10.3. The van der Waals surface area contributed by atoms with Gasteiger partial charge in [-0.2, -0.15) is 4.98 Å². The number of benzene rings is 1. The molecule has 1 saturated carbocycles. The molecule has 21 heavy (non-hydrogen) atoms. The number of carbonyl (C=O) groups excluding carboxylic acids is 1. The molecule has 108 valence electrons. The second kappa shape index (κ2) is 4.76. The van der Waals surface area contributed by atoms with E-state index in [1.54, 1.807) is 18.2 Å². The van der Waals surface area contributed by atoms with Crippen LogP contribution in [0.2, 0.25) is 0 Å². The van der Waals surface area contributed by atoms with Crippen molar-refractivity contribution in [1.29, 1.82) is 0 Å². The lowest BCUT2D eigenvalue weighted by Gasteiger charge is -2.20. The third-order valence-corrected chi connectivity index (χ3v) is 3.40. The van der Waals surface area contributed by atoms with Gasteiger partial charge in [-0.25, -0.2) is 0 Å². The Morgan fingerprint density at radius 1 is 1.24 bits per heavy atom. The van der Waals surface area contributed by atoms with E-state index in [0.717, 1.165) is 12.8 Å². The molecule has 1 fully saturated rings. The highest BCUT2D eigenvalue weighted by molar-refractivity contribution is 6.05. The first-order valence-corrected chi connectivity index (χ1v) is 6.85. The largest absolute Gasteiger partial charge is 0.486 e. The molecule has 0 spiro atoms. The Bertz CT molecular complexity index is 693. The fraction of sp³-hybridized carbons (Fsp3) is 0.357. The predicted octanol–water partition coefficient (Wildman–Crippen LogP) is 1.97. The van der Waals surface area contributed by atoms with Crippen LogP contribution in [0, 0.1) is 0 Å². The second-order valence-electron chi connectivity index (χ2n) is 5.01. The second-order valence-corrected chi connectivity index (χ2v) is 5.01. The average Bonchev–Trinajstić information content (AvgIpc) is 3.27. The lowest BCUT2D eigenvalue weighted by Crippen LogP contribution is -2.20. The number of carbonyl (C=O) groups is 1. The summed E-state index contributed by atoms with van der Waals surface area (Å²) in [7, 11) is 0. The summed E-state index contributed by atoms with van der Waals surface area (Å²) in [4.78, 5) is 16.5. The maximum Gasteiger partial charge on any atom is 0.270 e. The molecule has 7 nitrogen and oxygen atoms in total. The number of rotatable bonds is 3. The van der Waals surface area contributed by atoms with Crippen LogP contribution in [0.4, 0.5) is 5.95 Å². The standard InChI is InChI=1S/C14H13N3O4/c18-12(15-14-16-13(21-17-14)8-4-5-8)9-2-1-3-10-11(9)20-7-6-19-10/h1-3,8H,4-7H2,(H,15,17,18). The van der Waals surface area contributed by atoms with Crippen LogP contribution in [-0.4, -0.2) is 29.3 Å².